The second-order valence-electron chi connectivity index (χ2n) is 10.2. The van der Waals surface area contributed by atoms with E-state index in [2.05, 4.69) is 31.1 Å². The average molecular weight is 540 g/mol. The van der Waals surface area contributed by atoms with E-state index in [9.17, 15) is 21.6 Å². The van der Waals surface area contributed by atoms with Crippen LogP contribution in [0.1, 0.15) is 49.4 Å². The number of pyridine rings is 1. The van der Waals surface area contributed by atoms with Gasteiger partial charge in [0.05, 0.1) is 33.9 Å². The summed E-state index contributed by atoms with van der Waals surface area (Å²) in [7, 11) is -4.11. The van der Waals surface area contributed by atoms with Crippen molar-refractivity contribution in [1.29, 1.82) is 0 Å². The number of fused-ring (bicyclic) bond motifs is 4. The lowest BCUT2D eigenvalue weighted by atomic mass is 9.82. The zero-order chi connectivity index (χ0) is 27.5. The van der Waals surface area contributed by atoms with Crippen molar-refractivity contribution >= 4 is 38.0 Å². The molecule has 0 fully saturated rings. The molecule has 0 saturated heterocycles. The minimum absolute atomic E-state index is 0.0117. The summed E-state index contributed by atoms with van der Waals surface area (Å²) in [4.78, 5) is 4.48. The monoisotopic (exact) mass is 539 g/mol. The van der Waals surface area contributed by atoms with Crippen molar-refractivity contribution in [3.8, 4) is 0 Å². The van der Waals surface area contributed by atoms with Gasteiger partial charge in [-0.2, -0.15) is 13.2 Å². The number of sulfonamides is 1. The molecule has 0 radical (unpaired) electrons. The predicted octanol–water partition coefficient (Wildman–Crippen LogP) is 7.70. The Morgan fingerprint density at radius 2 is 1.71 bits per heavy atom. The van der Waals surface area contributed by atoms with E-state index in [1.165, 1.54) is 17.3 Å². The Labute approximate surface area is 220 Å². The van der Waals surface area contributed by atoms with Gasteiger partial charge >= 0.3 is 6.18 Å². The molecule has 4 aromatic rings. The Morgan fingerprint density at radius 3 is 2.37 bits per heavy atom. The van der Waals surface area contributed by atoms with Crippen LogP contribution in [0.3, 0.4) is 0 Å². The van der Waals surface area contributed by atoms with E-state index in [-0.39, 0.29) is 28.1 Å². The Kier molecular flexibility index (Phi) is 6.17. The highest BCUT2D eigenvalue weighted by Crippen LogP contribution is 2.46. The Balaban J connectivity index is 1.73. The molecule has 9 heteroatoms. The highest BCUT2D eigenvalue weighted by atomic mass is 32.2. The Bertz CT molecular complexity index is 1650. The van der Waals surface area contributed by atoms with E-state index >= 15 is 0 Å². The second-order valence-corrected chi connectivity index (χ2v) is 12.1. The van der Waals surface area contributed by atoms with Crippen molar-refractivity contribution in [1.82, 2.24) is 4.98 Å². The van der Waals surface area contributed by atoms with Crippen molar-refractivity contribution in [3.05, 3.63) is 89.1 Å². The molecular formula is C29H28F3N3O2S. The minimum atomic E-state index is -4.54. The standard InChI is InChI=1S/C29H28F3N3O2S/c1-5-28(3,4)20-9-11-21(12-10-20)38(36,37)35-17-19-8-13-23(29(30,31)32)18(2)26(19)34-25-15-14-24-22(27(25)35)7-6-16-33-24/h6-16,34H,5,17H2,1-4H3. The van der Waals surface area contributed by atoms with E-state index in [4.69, 9.17) is 0 Å². The van der Waals surface area contributed by atoms with Crippen molar-refractivity contribution in [2.45, 2.75) is 57.1 Å². The number of rotatable bonds is 4. The molecule has 1 aliphatic heterocycles. The summed E-state index contributed by atoms with van der Waals surface area (Å²) in [5.74, 6) is 0. The smallest absolute Gasteiger partial charge is 0.353 e. The van der Waals surface area contributed by atoms with E-state index < -0.39 is 21.8 Å². The van der Waals surface area contributed by atoms with E-state index in [0.29, 0.717) is 27.8 Å². The molecule has 0 spiro atoms. The van der Waals surface area contributed by atoms with E-state index in [1.807, 2.05) is 12.1 Å². The lowest BCUT2D eigenvalue weighted by Crippen LogP contribution is -2.30. The molecular weight excluding hydrogens is 511 g/mol. The van der Waals surface area contributed by atoms with Gasteiger partial charge in [-0.15, -0.1) is 0 Å². The largest absolute Gasteiger partial charge is 0.416 e. The number of nitrogens with one attached hydrogen (secondary N) is 1. The summed E-state index contributed by atoms with van der Waals surface area (Å²) < 4.78 is 70.8. The molecule has 1 N–H and O–H groups in total. The number of alkyl halides is 3. The van der Waals surface area contributed by atoms with Gasteiger partial charge in [0.25, 0.3) is 10.0 Å². The molecule has 5 nitrogen and oxygen atoms in total. The molecule has 0 saturated carbocycles. The van der Waals surface area contributed by atoms with Crippen LogP contribution in [-0.4, -0.2) is 13.4 Å². The predicted molar refractivity (Wildman–Crippen MR) is 144 cm³/mol. The third-order valence-corrected chi connectivity index (χ3v) is 9.30. The number of hydrogen-bond donors (Lipinski definition) is 1. The van der Waals surface area contributed by atoms with Crippen LogP contribution in [0.25, 0.3) is 10.9 Å². The van der Waals surface area contributed by atoms with Crippen LogP contribution in [0, 0.1) is 6.92 Å². The van der Waals surface area contributed by atoms with Crippen molar-refractivity contribution in [2.75, 3.05) is 9.62 Å². The summed E-state index contributed by atoms with van der Waals surface area (Å²) in [6.45, 7) is 7.53. The van der Waals surface area contributed by atoms with E-state index in [1.54, 1.807) is 42.6 Å². The molecule has 198 valence electrons. The maximum atomic E-state index is 14.2. The van der Waals surface area contributed by atoms with Gasteiger partial charge in [-0.3, -0.25) is 9.29 Å². The van der Waals surface area contributed by atoms with Gasteiger partial charge in [0.2, 0.25) is 0 Å². The normalized spacial score (nSPS) is 14.0. The van der Waals surface area contributed by atoms with Crippen LogP contribution in [0.5, 0.6) is 0 Å². The molecule has 5 rings (SSSR count). The van der Waals surface area contributed by atoms with Crippen LogP contribution in [0.4, 0.5) is 30.2 Å². The highest BCUT2D eigenvalue weighted by Gasteiger charge is 2.37. The molecule has 1 aromatic heterocycles. The average Bonchev–Trinajstić information content (AvgIpc) is 3.06. The summed E-state index contributed by atoms with van der Waals surface area (Å²) in [6, 6.07) is 16.1. The maximum Gasteiger partial charge on any atom is 0.416 e. The first-order valence-electron chi connectivity index (χ1n) is 12.3. The third-order valence-electron chi connectivity index (χ3n) is 7.54. The van der Waals surface area contributed by atoms with Gasteiger partial charge in [0.1, 0.15) is 0 Å². The topological polar surface area (TPSA) is 62.3 Å². The fraction of sp³-hybridized carbons (Fsp3) is 0.276. The first kappa shape index (κ1) is 26.0. The Morgan fingerprint density at radius 1 is 1.00 bits per heavy atom. The van der Waals surface area contributed by atoms with Gasteiger partial charge < -0.3 is 5.32 Å². The SMILES string of the molecule is CCC(C)(C)c1ccc(S(=O)(=O)N2Cc3ccc(C(F)(F)F)c(C)c3Nc3ccc4ncccc4c32)cc1. The van der Waals surface area contributed by atoms with Crippen LogP contribution >= 0.6 is 0 Å². The summed E-state index contributed by atoms with van der Waals surface area (Å²) in [5.41, 5.74) is 2.15. The molecule has 0 aliphatic carbocycles. The molecule has 0 unspecified atom stereocenters. The first-order valence-corrected chi connectivity index (χ1v) is 13.8. The second kappa shape index (κ2) is 9.01. The lowest BCUT2D eigenvalue weighted by molar-refractivity contribution is -0.138. The van der Waals surface area contributed by atoms with Gasteiger partial charge in [-0.1, -0.05) is 39.0 Å². The molecule has 2 heterocycles. The van der Waals surface area contributed by atoms with Crippen LogP contribution < -0.4 is 9.62 Å². The van der Waals surface area contributed by atoms with Crippen molar-refractivity contribution in [2.24, 2.45) is 0 Å². The van der Waals surface area contributed by atoms with Crippen LogP contribution in [0.15, 0.2) is 71.8 Å². The quantitative estimate of drug-likeness (QED) is 0.289. The van der Waals surface area contributed by atoms with Crippen molar-refractivity contribution in [3.63, 3.8) is 0 Å². The molecule has 38 heavy (non-hydrogen) atoms. The number of aromatic nitrogens is 1. The zero-order valence-electron chi connectivity index (χ0n) is 21.5. The molecule has 1 aliphatic rings. The zero-order valence-corrected chi connectivity index (χ0v) is 22.3. The van der Waals surface area contributed by atoms with Crippen LogP contribution in [-0.2, 0) is 28.2 Å². The summed E-state index contributed by atoms with van der Waals surface area (Å²) in [5, 5.41) is 3.71. The fourth-order valence-corrected chi connectivity index (χ4v) is 6.35. The van der Waals surface area contributed by atoms with Crippen molar-refractivity contribution < 1.29 is 21.6 Å². The summed E-state index contributed by atoms with van der Waals surface area (Å²) >= 11 is 0. The lowest BCUT2D eigenvalue weighted by Gasteiger charge is -2.27. The van der Waals surface area contributed by atoms with Gasteiger partial charge in [0, 0.05) is 17.3 Å². The number of nitrogens with zero attached hydrogens (tertiary/aromatic N) is 2. The fourth-order valence-electron chi connectivity index (χ4n) is 4.87. The maximum absolute atomic E-state index is 14.2. The number of halogens is 3. The van der Waals surface area contributed by atoms with E-state index in [0.717, 1.165) is 18.1 Å². The summed E-state index contributed by atoms with van der Waals surface area (Å²) in [6.07, 6.45) is -2.04. The van der Waals surface area contributed by atoms with Gasteiger partial charge in [-0.25, -0.2) is 8.42 Å². The van der Waals surface area contributed by atoms with Crippen LogP contribution in [0.2, 0.25) is 0 Å². The molecule has 0 amide bonds. The molecule has 0 bridgehead atoms. The molecule has 0 atom stereocenters. The third kappa shape index (κ3) is 4.28. The first-order chi connectivity index (χ1) is 17.8. The van der Waals surface area contributed by atoms with Gasteiger partial charge in [0.15, 0.2) is 0 Å². The minimum Gasteiger partial charge on any atom is -0.353 e. The number of hydrogen-bond acceptors (Lipinski definition) is 4. The van der Waals surface area contributed by atoms with Gasteiger partial charge in [-0.05, 0) is 77.9 Å². The Hall–Kier alpha value is -3.59. The highest BCUT2D eigenvalue weighted by molar-refractivity contribution is 7.92. The molecule has 3 aromatic carbocycles. The number of benzene rings is 3. The number of anilines is 3.